The Morgan fingerprint density at radius 2 is 1.42 bits per heavy atom. The van der Waals surface area contributed by atoms with Crippen LogP contribution < -0.4 is 0 Å². The summed E-state index contributed by atoms with van der Waals surface area (Å²) in [6.45, 7) is 19.0. The number of carbonyl (C=O) groups excluding carboxylic acids is 3. The number of methoxy groups -OCH3 is 1. The molecule has 0 radical (unpaired) electrons. The largest absolute Gasteiger partial charge is 0.478 e. The van der Waals surface area contributed by atoms with E-state index in [0.29, 0.717) is 17.8 Å². The minimum Gasteiger partial charge on any atom is -0.478 e. The molecule has 1 aliphatic rings. The molecule has 188 valence electrons. The maximum Gasteiger partial charge on any atom is 0.333 e. The molecule has 0 atom stereocenters. The minimum atomic E-state index is -0.981. The number of carbonyl (C=O) groups is 4. The van der Waals surface area contributed by atoms with Gasteiger partial charge in [0.1, 0.15) is 6.10 Å². The molecular weight excluding hydrogens is 428 g/mol. The third-order valence-corrected chi connectivity index (χ3v) is 3.79. The zero-order valence-electron chi connectivity index (χ0n) is 20.5. The van der Waals surface area contributed by atoms with Crippen molar-refractivity contribution < 1.29 is 38.5 Å². The second-order valence-corrected chi connectivity index (χ2v) is 6.99. The molecule has 1 saturated carbocycles. The van der Waals surface area contributed by atoms with Crippen molar-refractivity contribution >= 4 is 23.9 Å². The number of unbranched alkanes of at least 4 members (excludes halogenated alkanes) is 1. The third-order valence-electron chi connectivity index (χ3n) is 3.79. The van der Waals surface area contributed by atoms with Crippen molar-refractivity contribution in [3.05, 3.63) is 49.6 Å². The SMILES string of the molecule is C=C(C)C(=O)OC.C=C(C)C(=O)OC1CCCCC1.C=CC(=O)O.C=CC(=O)OCCCC. The molecule has 0 aromatic heterocycles. The first-order valence-corrected chi connectivity index (χ1v) is 10.7. The first kappa shape index (κ1) is 34.5. The van der Waals surface area contributed by atoms with Crippen molar-refractivity contribution in [2.45, 2.75) is 71.8 Å². The Bertz CT molecular complexity index is 643. The third kappa shape index (κ3) is 26.8. The predicted octanol–water partition coefficient (Wildman–Crippen LogP) is 4.95. The Morgan fingerprint density at radius 1 is 0.939 bits per heavy atom. The summed E-state index contributed by atoms with van der Waals surface area (Å²) in [6, 6.07) is 0. The Labute approximate surface area is 198 Å². The monoisotopic (exact) mass is 468 g/mol. The van der Waals surface area contributed by atoms with E-state index in [9.17, 15) is 19.2 Å². The Hall–Kier alpha value is -3.16. The first-order valence-electron chi connectivity index (χ1n) is 10.7. The Morgan fingerprint density at radius 3 is 1.73 bits per heavy atom. The van der Waals surface area contributed by atoms with E-state index in [2.05, 4.69) is 35.8 Å². The molecule has 8 heteroatoms. The topological polar surface area (TPSA) is 116 Å². The van der Waals surface area contributed by atoms with E-state index < -0.39 is 5.97 Å². The fourth-order valence-electron chi connectivity index (χ4n) is 1.99. The molecule has 1 fully saturated rings. The highest BCUT2D eigenvalue weighted by molar-refractivity contribution is 5.87. The van der Waals surface area contributed by atoms with Gasteiger partial charge in [0.25, 0.3) is 0 Å². The molecular formula is C25H40O8. The van der Waals surface area contributed by atoms with Crippen LogP contribution in [0.15, 0.2) is 49.6 Å². The number of aliphatic carboxylic acids is 1. The van der Waals surface area contributed by atoms with Crippen molar-refractivity contribution in [3.63, 3.8) is 0 Å². The zero-order valence-corrected chi connectivity index (χ0v) is 20.5. The number of esters is 3. The van der Waals surface area contributed by atoms with E-state index in [1.807, 2.05) is 6.92 Å². The number of carboxylic acid groups (broad SMARTS) is 1. The lowest BCUT2D eigenvalue weighted by atomic mass is 9.98. The van der Waals surface area contributed by atoms with Gasteiger partial charge in [0.05, 0.1) is 13.7 Å². The zero-order chi connectivity index (χ0) is 26.2. The van der Waals surface area contributed by atoms with Gasteiger partial charge >= 0.3 is 23.9 Å². The number of rotatable bonds is 8. The van der Waals surface area contributed by atoms with Crippen molar-refractivity contribution in [1.82, 2.24) is 0 Å². The summed E-state index contributed by atoms with van der Waals surface area (Å²) in [7, 11) is 1.33. The molecule has 0 aliphatic heterocycles. The molecule has 0 heterocycles. The highest BCUT2D eigenvalue weighted by Crippen LogP contribution is 2.20. The second-order valence-electron chi connectivity index (χ2n) is 6.99. The van der Waals surface area contributed by atoms with Gasteiger partial charge in [0.2, 0.25) is 0 Å². The summed E-state index contributed by atoms with van der Waals surface area (Å²) >= 11 is 0. The average Bonchev–Trinajstić information content (AvgIpc) is 2.80. The molecule has 0 aromatic rings. The molecule has 8 nitrogen and oxygen atoms in total. The standard InChI is InChI=1S/C10H16O2.C7H12O2.C5H8O2.C3H4O2/c1-8(2)10(11)12-9-6-4-3-5-7-9;1-3-5-6-9-7(8)4-2;1-4(2)5(6)7-3;1-2-3(4)5/h9H,1,3-7H2,2H3;4H,2-3,5-6H2,1H3;1H2,2-3H3;2H,1H2,(H,4,5). The van der Waals surface area contributed by atoms with Crippen LogP contribution in [-0.4, -0.2) is 48.8 Å². The van der Waals surface area contributed by atoms with E-state index in [1.54, 1.807) is 13.8 Å². The van der Waals surface area contributed by atoms with E-state index in [1.165, 1.54) is 32.4 Å². The highest BCUT2D eigenvalue weighted by Gasteiger charge is 2.17. The van der Waals surface area contributed by atoms with Gasteiger partial charge in [-0.1, -0.05) is 46.1 Å². The van der Waals surface area contributed by atoms with Gasteiger partial charge in [-0.15, -0.1) is 0 Å². The van der Waals surface area contributed by atoms with Crippen molar-refractivity contribution in [2.24, 2.45) is 0 Å². The predicted molar refractivity (Wildman–Crippen MR) is 129 cm³/mol. The van der Waals surface area contributed by atoms with Crippen LogP contribution in [0.5, 0.6) is 0 Å². The number of carboxylic acids is 1. The van der Waals surface area contributed by atoms with Gasteiger partial charge in [0.15, 0.2) is 0 Å². The maximum atomic E-state index is 11.1. The molecule has 1 rings (SSSR count). The van der Waals surface area contributed by atoms with Crippen LogP contribution in [0, 0.1) is 0 Å². The second kappa shape index (κ2) is 23.5. The van der Waals surface area contributed by atoms with Crippen LogP contribution in [0.4, 0.5) is 0 Å². The lowest BCUT2D eigenvalue weighted by Crippen LogP contribution is -2.20. The number of hydrogen-bond donors (Lipinski definition) is 1. The fraction of sp³-hybridized carbons (Fsp3) is 0.520. The molecule has 1 N–H and O–H groups in total. The lowest BCUT2D eigenvalue weighted by Gasteiger charge is -2.21. The molecule has 0 amide bonds. The van der Waals surface area contributed by atoms with Gasteiger partial charge in [0, 0.05) is 23.3 Å². The molecule has 1 aliphatic carbocycles. The molecule has 0 spiro atoms. The summed E-state index contributed by atoms with van der Waals surface area (Å²) in [6.07, 6.45) is 9.85. The van der Waals surface area contributed by atoms with E-state index in [4.69, 9.17) is 9.84 Å². The van der Waals surface area contributed by atoms with Gasteiger partial charge in [-0.05, 0) is 46.0 Å². The maximum absolute atomic E-state index is 11.1. The summed E-state index contributed by atoms with van der Waals surface area (Å²) in [5.74, 6) is -1.89. The van der Waals surface area contributed by atoms with Crippen LogP contribution in [0.3, 0.4) is 0 Å². The van der Waals surface area contributed by atoms with Gasteiger partial charge < -0.3 is 19.3 Å². The molecule has 0 aromatic carbocycles. The van der Waals surface area contributed by atoms with Crippen LogP contribution in [0.2, 0.25) is 0 Å². The van der Waals surface area contributed by atoms with Crippen molar-refractivity contribution in [1.29, 1.82) is 0 Å². The van der Waals surface area contributed by atoms with Gasteiger partial charge in [-0.25, -0.2) is 19.2 Å². The minimum absolute atomic E-state index is 0.156. The number of ether oxygens (including phenoxy) is 3. The average molecular weight is 469 g/mol. The van der Waals surface area contributed by atoms with E-state index in [-0.39, 0.29) is 24.0 Å². The van der Waals surface area contributed by atoms with Crippen LogP contribution in [-0.2, 0) is 33.4 Å². The van der Waals surface area contributed by atoms with Crippen LogP contribution in [0.25, 0.3) is 0 Å². The molecule has 0 saturated heterocycles. The first-order chi connectivity index (χ1) is 15.5. The number of hydrogen-bond acceptors (Lipinski definition) is 7. The van der Waals surface area contributed by atoms with E-state index >= 15 is 0 Å². The van der Waals surface area contributed by atoms with Gasteiger partial charge in [-0.2, -0.15) is 0 Å². The highest BCUT2D eigenvalue weighted by atomic mass is 16.5. The lowest BCUT2D eigenvalue weighted by molar-refractivity contribution is -0.145. The van der Waals surface area contributed by atoms with E-state index in [0.717, 1.165) is 31.8 Å². The smallest absolute Gasteiger partial charge is 0.333 e. The molecule has 0 unspecified atom stereocenters. The molecule has 33 heavy (non-hydrogen) atoms. The summed E-state index contributed by atoms with van der Waals surface area (Å²) in [5, 5.41) is 7.60. The van der Waals surface area contributed by atoms with Crippen molar-refractivity contribution in [2.75, 3.05) is 13.7 Å². The Balaban J connectivity index is -0.000000384. The normalized spacial score (nSPS) is 11.8. The van der Waals surface area contributed by atoms with Gasteiger partial charge in [-0.3, -0.25) is 0 Å². The van der Waals surface area contributed by atoms with Crippen molar-refractivity contribution in [3.8, 4) is 0 Å². The molecule has 0 bridgehead atoms. The Kier molecular flexibility index (Phi) is 24.5. The van der Waals surface area contributed by atoms with Crippen LogP contribution in [0.1, 0.15) is 65.7 Å². The summed E-state index contributed by atoms with van der Waals surface area (Å²) in [4.78, 5) is 40.9. The van der Waals surface area contributed by atoms with Crippen LogP contribution >= 0.6 is 0 Å². The quantitative estimate of drug-likeness (QED) is 0.230. The summed E-state index contributed by atoms with van der Waals surface area (Å²) < 4.78 is 14.2. The fourth-order valence-corrected chi connectivity index (χ4v) is 1.99. The summed E-state index contributed by atoms with van der Waals surface area (Å²) in [5.41, 5.74) is 0.933.